The monoisotopic (exact) mass is 620 g/mol. The van der Waals surface area contributed by atoms with E-state index in [4.69, 9.17) is 19.4 Å². The molecule has 1 aliphatic rings. The zero-order chi connectivity index (χ0) is 28.8. The molecule has 0 radical (unpaired) electrons. The summed E-state index contributed by atoms with van der Waals surface area (Å²) < 4.78 is 52.4. The van der Waals surface area contributed by atoms with Gasteiger partial charge in [-0.1, -0.05) is 0 Å². The predicted molar refractivity (Wildman–Crippen MR) is 124 cm³/mol. The lowest BCUT2D eigenvalue weighted by molar-refractivity contribution is -0.221. The van der Waals surface area contributed by atoms with Gasteiger partial charge in [-0.15, -0.1) is 0 Å². The number of aliphatic hydroxyl groups excluding tert-OH is 1. The van der Waals surface area contributed by atoms with E-state index in [0.717, 1.165) is 0 Å². The molecule has 1 fully saturated rings. The van der Waals surface area contributed by atoms with Crippen molar-refractivity contribution in [1.82, 2.24) is 30.2 Å². The molecule has 21 nitrogen and oxygen atoms in total. The van der Waals surface area contributed by atoms with Gasteiger partial charge in [-0.3, -0.25) is 18.8 Å². The fraction of sp³-hybridized carbons (Fsp3) is 0.600. The maximum atomic E-state index is 11.8. The van der Waals surface area contributed by atoms with Crippen LogP contribution in [0.25, 0.3) is 11.2 Å². The van der Waals surface area contributed by atoms with Crippen LogP contribution in [0.2, 0.25) is 0 Å². The minimum absolute atomic E-state index is 0.0840. The summed E-state index contributed by atoms with van der Waals surface area (Å²) in [7, 11) is -15.2. The Morgan fingerprint density at radius 3 is 2.64 bits per heavy atom. The molecular weight excluding hydrogens is 595 g/mol. The summed E-state index contributed by atoms with van der Waals surface area (Å²) in [6.07, 6.45) is -1.11. The second-order valence-electron chi connectivity index (χ2n) is 7.69. The summed E-state index contributed by atoms with van der Waals surface area (Å²) in [6, 6.07) is 0. The van der Waals surface area contributed by atoms with Gasteiger partial charge in [0.25, 0.3) is 7.82 Å². The Morgan fingerprint density at radius 2 is 1.95 bits per heavy atom. The third kappa shape index (κ3) is 9.59. The van der Waals surface area contributed by atoms with Gasteiger partial charge in [-0.2, -0.15) is 4.31 Å². The lowest BCUT2D eigenvalue weighted by Gasteiger charge is -2.26. The number of anilines is 1. The molecule has 5 atom stereocenters. The van der Waals surface area contributed by atoms with Crippen LogP contribution in [-0.4, -0.2) is 90.8 Å². The molecule has 0 spiro atoms. The van der Waals surface area contributed by atoms with Gasteiger partial charge in [0.05, 0.1) is 19.0 Å². The van der Waals surface area contributed by atoms with Gasteiger partial charge in [0, 0.05) is 19.5 Å². The molecule has 3 heterocycles. The average molecular weight is 620 g/mol. The number of hydrogen-bond acceptors (Lipinski definition) is 16. The standard InChI is InChI=1S/C15H26N7O14P3/c1-16-2-3-17-11(24)6-32-21-14-13-15(19-7-18-14)22(8-20-13)12-4-9(23)10(34-12)5-33-38(28,29)36-39(30,31)35-37(25,26)27/h7-10,12,16,23H,2-6H2,1H3,(H,17,24)(H,28,29)(H,30,31)(H,18,19,21)(H2,25,26,27)/p-1. The maximum Gasteiger partial charge on any atom is 0.487 e. The van der Waals surface area contributed by atoms with Crippen LogP contribution in [-0.2, 0) is 41.2 Å². The van der Waals surface area contributed by atoms with Crippen LogP contribution < -0.4 is 21.0 Å². The number of carbonyl (C=O) groups is 1. The minimum Gasteiger partial charge on any atom is -0.756 e. The first kappa shape index (κ1) is 31.6. The van der Waals surface area contributed by atoms with Crippen molar-refractivity contribution in [3.63, 3.8) is 0 Å². The first-order valence-electron chi connectivity index (χ1n) is 10.8. The summed E-state index contributed by atoms with van der Waals surface area (Å²) in [6.45, 7) is -0.225. The van der Waals surface area contributed by atoms with E-state index in [1.807, 2.05) is 0 Å². The second kappa shape index (κ2) is 13.2. The number of amides is 1. The third-order valence-electron chi connectivity index (χ3n) is 4.75. The molecule has 0 saturated carbocycles. The molecule has 0 aromatic carbocycles. The highest BCUT2D eigenvalue weighted by atomic mass is 31.3. The molecule has 220 valence electrons. The van der Waals surface area contributed by atoms with E-state index in [1.54, 1.807) is 7.05 Å². The van der Waals surface area contributed by atoms with Crippen molar-refractivity contribution in [2.75, 3.05) is 38.8 Å². The highest BCUT2D eigenvalue weighted by Gasteiger charge is 2.39. The molecule has 2 aromatic heterocycles. The SMILES string of the molecule is CNCCNC(=O)CONc1ncnc2c1ncn2C1CC(O)C(COP(=O)([O-])OP(=O)(O)OP(=O)(O)O)O1. The van der Waals surface area contributed by atoms with Gasteiger partial charge < -0.3 is 44.6 Å². The third-order valence-corrected chi connectivity index (χ3v) is 8.52. The van der Waals surface area contributed by atoms with Gasteiger partial charge in [0.1, 0.15) is 18.7 Å². The fourth-order valence-corrected chi connectivity index (χ4v) is 6.18. The largest absolute Gasteiger partial charge is 0.756 e. The van der Waals surface area contributed by atoms with E-state index < -0.39 is 48.5 Å². The maximum absolute atomic E-state index is 11.8. The van der Waals surface area contributed by atoms with Crippen molar-refractivity contribution in [2.45, 2.75) is 24.9 Å². The Balaban J connectivity index is 1.59. The van der Waals surface area contributed by atoms with Gasteiger partial charge in [-0.05, 0) is 7.05 Å². The number of phosphoric ester groups is 1. The molecule has 39 heavy (non-hydrogen) atoms. The quantitative estimate of drug-likeness (QED) is 0.0635. The number of aromatic nitrogens is 4. The first-order valence-corrected chi connectivity index (χ1v) is 15.2. The van der Waals surface area contributed by atoms with E-state index in [9.17, 15) is 33.4 Å². The molecule has 0 aliphatic carbocycles. The van der Waals surface area contributed by atoms with Crippen LogP contribution in [0.1, 0.15) is 12.6 Å². The van der Waals surface area contributed by atoms with E-state index in [0.29, 0.717) is 13.1 Å². The van der Waals surface area contributed by atoms with E-state index in [2.05, 4.69) is 44.2 Å². The molecule has 3 rings (SSSR count). The Labute approximate surface area is 219 Å². The smallest absolute Gasteiger partial charge is 0.487 e. The fourth-order valence-electron chi connectivity index (χ4n) is 3.19. The lowest BCUT2D eigenvalue weighted by Crippen LogP contribution is -2.33. The van der Waals surface area contributed by atoms with Crippen LogP contribution in [0.15, 0.2) is 12.7 Å². The number of rotatable bonds is 15. The van der Waals surface area contributed by atoms with Crippen LogP contribution in [0.4, 0.5) is 5.82 Å². The molecule has 7 N–H and O–H groups in total. The Morgan fingerprint density at radius 1 is 1.21 bits per heavy atom. The number of aliphatic hydroxyl groups is 1. The molecule has 24 heteroatoms. The second-order valence-corrected chi connectivity index (χ2v) is 12.1. The van der Waals surface area contributed by atoms with Crippen LogP contribution in [0.3, 0.4) is 0 Å². The molecule has 0 bridgehead atoms. The van der Waals surface area contributed by atoms with Crippen molar-refractivity contribution in [1.29, 1.82) is 0 Å². The van der Waals surface area contributed by atoms with Crippen molar-refractivity contribution in [3.8, 4) is 0 Å². The summed E-state index contributed by atoms with van der Waals surface area (Å²) in [5, 5.41) is 15.8. The highest BCUT2D eigenvalue weighted by Crippen LogP contribution is 2.65. The molecule has 2 aromatic rings. The van der Waals surface area contributed by atoms with Gasteiger partial charge in [0.2, 0.25) is 5.91 Å². The molecular formula is C15H25N7O14P3-. The minimum atomic E-state index is -5.75. The lowest BCUT2D eigenvalue weighted by atomic mass is 10.2. The molecule has 5 unspecified atom stereocenters. The number of nitrogens with one attached hydrogen (secondary N) is 3. The van der Waals surface area contributed by atoms with Crippen LogP contribution in [0, 0.1) is 0 Å². The van der Waals surface area contributed by atoms with Gasteiger partial charge >= 0.3 is 15.6 Å². The summed E-state index contributed by atoms with van der Waals surface area (Å²) >= 11 is 0. The van der Waals surface area contributed by atoms with E-state index >= 15 is 0 Å². The number of ether oxygens (including phenoxy) is 1. The summed E-state index contributed by atoms with van der Waals surface area (Å²) in [4.78, 5) is 67.2. The van der Waals surface area contributed by atoms with Gasteiger partial charge in [-0.25, -0.2) is 33.9 Å². The van der Waals surface area contributed by atoms with Gasteiger partial charge in [0.15, 0.2) is 23.6 Å². The number of phosphoric acid groups is 3. The Hall–Kier alpha value is -1.93. The Kier molecular flexibility index (Phi) is 10.7. The van der Waals surface area contributed by atoms with Crippen LogP contribution >= 0.6 is 23.5 Å². The summed E-state index contributed by atoms with van der Waals surface area (Å²) in [5.41, 5.74) is 2.94. The number of carbonyl (C=O) groups excluding carboxylic acids is 1. The zero-order valence-corrected chi connectivity index (χ0v) is 22.6. The van der Waals surface area contributed by atoms with E-state index in [1.165, 1.54) is 17.2 Å². The molecule has 1 aliphatic heterocycles. The predicted octanol–water partition coefficient (Wildman–Crippen LogP) is -2.13. The average Bonchev–Trinajstić information content (AvgIpc) is 3.39. The topological polar surface area (TPSA) is 298 Å². The number of imidazole rings is 1. The van der Waals surface area contributed by atoms with Crippen LogP contribution in [0.5, 0.6) is 0 Å². The number of fused-ring (bicyclic) bond motifs is 1. The Bertz CT molecular complexity index is 1290. The summed E-state index contributed by atoms with van der Waals surface area (Å²) in [5.74, 6) is -0.255. The van der Waals surface area contributed by atoms with E-state index in [-0.39, 0.29) is 35.9 Å². The number of hydrogen-bond donors (Lipinski definition) is 7. The normalized spacial score (nSPS) is 22.9. The van der Waals surface area contributed by atoms with Crippen molar-refractivity contribution >= 4 is 46.4 Å². The number of likely N-dealkylation sites (N-methyl/N-ethyl adjacent to an activating group) is 1. The highest BCUT2D eigenvalue weighted by molar-refractivity contribution is 7.66. The zero-order valence-electron chi connectivity index (χ0n) is 19.9. The molecule has 1 amide bonds. The molecule has 1 saturated heterocycles. The van der Waals surface area contributed by atoms with Crippen molar-refractivity contribution in [2.24, 2.45) is 0 Å². The first-order chi connectivity index (χ1) is 18.2. The number of nitrogens with zero attached hydrogens (tertiary/aromatic N) is 4. The van der Waals surface area contributed by atoms with Crippen molar-refractivity contribution < 1.29 is 65.9 Å². The van der Waals surface area contributed by atoms with Crippen molar-refractivity contribution in [3.05, 3.63) is 12.7 Å².